The van der Waals surface area contributed by atoms with E-state index in [9.17, 15) is 4.79 Å². The smallest absolute Gasteiger partial charge is 0.321 e. The number of carbonyl (C=O) groups is 1. The summed E-state index contributed by atoms with van der Waals surface area (Å²) in [5.41, 5.74) is 0.662. The van der Waals surface area contributed by atoms with E-state index in [4.69, 9.17) is 27.9 Å². The van der Waals surface area contributed by atoms with E-state index in [1.807, 2.05) is 35.2 Å². The number of halogens is 2. The summed E-state index contributed by atoms with van der Waals surface area (Å²) in [6.07, 6.45) is 2.51. The van der Waals surface area contributed by atoms with E-state index in [-0.39, 0.29) is 6.03 Å². The van der Waals surface area contributed by atoms with Gasteiger partial charge in [-0.15, -0.1) is 0 Å². The number of likely N-dealkylation sites (tertiary alicyclic amines) is 1. The molecule has 2 aliphatic rings. The van der Waals surface area contributed by atoms with E-state index in [1.165, 1.54) is 12.8 Å². The molecule has 0 spiro atoms. The van der Waals surface area contributed by atoms with Crippen molar-refractivity contribution in [3.8, 4) is 5.75 Å². The number of nitrogens with one attached hydrogen (secondary N) is 1. The fraction of sp³-hybridized carbons (Fsp3) is 0.480. The molecule has 33 heavy (non-hydrogen) atoms. The lowest BCUT2D eigenvalue weighted by molar-refractivity contribution is 0.0945. The second-order valence-electron chi connectivity index (χ2n) is 8.82. The SMILES string of the molecule is O=C(Nc1ccc(Cl)c(Cl)c1)N1CCN(C[C@@H]2CCCN(CCOc3ccccc3)C2)CC1. The summed E-state index contributed by atoms with van der Waals surface area (Å²) in [6, 6.07) is 15.1. The van der Waals surface area contributed by atoms with Crippen LogP contribution in [0.4, 0.5) is 10.5 Å². The summed E-state index contributed by atoms with van der Waals surface area (Å²) in [6.45, 7) is 8.33. The number of anilines is 1. The van der Waals surface area contributed by atoms with Gasteiger partial charge < -0.3 is 15.0 Å². The number of piperazine rings is 1. The molecule has 0 aromatic heterocycles. The largest absolute Gasteiger partial charge is 0.492 e. The molecule has 0 saturated carbocycles. The first kappa shape index (κ1) is 24.1. The summed E-state index contributed by atoms with van der Waals surface area (Å²) in [5, 5.41) is 3.84. The summed E-state index contributed by atoms with van der Waals surface area (Å²) in [7, 11) is 0. The Morgan fingerprint density at radius 2 is 1.76 bits per heavy atom. The predicted octanol–water partition coefficient (Wildman–Crippen LogP) is 4.93. The fourth-order valence-corrected chi connectivity index (χ4v) is 4.89. The van der Waals surface area contributed by atoms with Crippen LogP contribution in [-0.4, -0.2) is 79.7 Å². The van der Waals surface area contributed by atoms with Gasteiger partial charge in [0.25, 0.3) is 0 Å². The van der Waals surface area contributed by atoms with Gasteiger partial charge in [0, 0.05) is 51.5 Å². The van der Waals surface area contributed by atoms with Crippen molar-refractivity contribution in [3.05, 3.63) is 58.6 Å². The zero-order valence-electron chi connectivity index (χ0n) is 18.9. The van der Waals surface area contributed by atoms with Gasteiger partial charge in [0.15, 0.2) is 0 Å². The summed E-state index contributed by atoms with van der Waals surface area (Å²) in [4.78, 5) is 19.5. The maximum Gasteiger partial charge on any atom is 0.321 e. The molecule has 0 aliphatic carbocycles. The van der Waals surface area contributed by atoms with E-state index >= 15 is 0 Å². The van der Waals surface area contributed by atoms with Crippen LogP contribution in [0.2, 0.25) is 10.0 Å². The lowest BCUT2D eigenvalue weighted by atomic mass is 9.97. The molecule has 6 nitrogen and oxygen atoms in total. The molecule has 178 valence electrons. The van der Waals surface area contributed by atoms with Crippen molar-refractivity contribution in [2.75, 3.05) is 64.3 Å². The number of hydrogen-bond acceptors (Lipinski definition) is 4. The Bertz CT molecular complexity index is 907. The standard InChI is InChI=1S/C25H32Cl2N4O2/c26-23-9-8-21(17-24(23)27)28-25(32)31-13-11-30(12-14-31)19-20-5-4-10-29(18-20)15-16-33-22-6-2-1-3-7-22/h1-3,6-9,17,20H,4-5,10-16,18-19H2,(H,28,32)/t20-/m1/s1. The Labute approximate surface area is 206 Å². The quantitative estimate of drug-likeness (QED) is 0.597. The molecular formula is C25H32Cl2N4O2. The van der Waals surface area contributed by atoms with E-state index in [0.717, 1.165) is 64.7 Å². The van der Waals surface area contributed by atoms with Crippen molar-refractivity contribution in [2.24, 2.45) is 5.92 Å². The van der Waals surface area contributed by atoms with Crippen molar-refractivity contribution in [1.29, 1.82) is 0 Å². The van der Waals surface area contributed by atoms with Crippen LogP contribution in [0.3, 0.4) is 0 Å². The molecule has 0 unspecified atom stereocenters. The highest BCUT2D eigenvalue weighted by atomic mass is 35.5. The average molecular weight is 491 g/mol. The van der Waals surface area contributed by atoms with Crippen LogP contribution in [0.25, 0.3) is 0 Å². The van der Waals surface area contributed by atoms with Crippen molar-refractivity contribution < 1.29 is 9.53 Å². The van der Waals surface area contributed by atoms with Gasteiger partial charge in [-0.05, 0) is 55.6 Å². The molecule has 2 aromatic rings. The van der Waals surface area contributed by atoms with Crippen molar-refractivity contribution >= 4 is 34.9 Å². The van der Waals surface area contributed by atoms with Gasteiger partial charge in [-0.2, -0.15) is 0 Å². The Morgan fingerprint density at radius 1 is 0.970 bits per heavy atom. The molecule has 8 heteroatoms. The van der Waals surface area contributed by atoms with E-state index in [2.05, 4.69) is 15.1 Å². The lowest BCUT2D eigenvalue weighted by Gasteiger charge is -2.39. The molecule has 2 fully saturated rings. The van der Waals surface area contributed by atoms with Crippen LogP contribution < -0.4 is 10.1 Å². The third kappa shape index (κ3) is 7.24. The van der Waals surface area contributed by atoms with Gasteiger partial charge in [0.2, 0.25) is 0 Å². The van der Waals surface area contributed by atoms with Crippen LogP contribution in [0.5, 0.6) is 5.75 Å². The topological polar surface area (TPSA) is 48.1 Å². The number of rotatable bonds is 7. The third-order valence-electron chi connectivity index (χ3n) is 6.37. The summed E-state index contributed by atoms with van der Waals surface area (Å²) in [5.74, 6) is 1.61. The Balaban J connectivity index is 1.16. The van der Waals surface area contributed by atoms with Crippen LogP contribution in [-0.2, 0) is 0 Å². The first-order valence-electron chi connectivity index (χ1n) is 11.7. The molecule has 2 aliphatic heterocycles. The molecule has 0 radical (unpaired) electrons. The van der Waals surface area contributed by atoms with Crippen molar-refractivity contribution in [2.45, 2.75) is 12.8 Å². The van der Waals surface area contributed by atoms with Gasteiger partial charge in [0.05, 0.1) is 10.0 Å². The summed E-state index contributed by atoms with van der Waals surface area (Å²) < 4.78 is 5.87. The van der Waals surface area contributed by atoms with E-state index in [0.29, 0.717) is 21.7 Å². The molecule has 1 N–H and O–H groups in total. The second kappa shape index (κ2) is 11.9. The van der Waals surface area contributed by atoms with Crippen LogP contribution in [0.1, 0.15) is 12.8 Å². The van der Waals surface area contributed by atoms with Crippen LogP contribution in [0, 0.1) is 5.92 Å². The highest BCUT2D eigenvalue weighted by Crippen LogP contribution is 2.25. The third-order valence-corrected chi connectivity index (χ3v) is 7.11. The van der Waals surface area contributed by atoms with Gasteiger partial charge >= 0.3 is 6.03 Å². The molecule has 0 bridgehead atoms. The van der Waals surface area contributed by atoms with Gasteiger partial charge in [-0.3, -0.25) is 9.80 Å². The first-order chi connectivity index (χ1) is 16.1. The highest BCUT2D eigenvalue weighted by Gasteiger charge is 2.26. The Kier molecular flexibility index (Phi) is 8.73. The molecular weight excluding hydrogens is 459 g/mol. The number of carbonyl (C=O) groups excluding carboxylic acids is 1. The van der Waals surface area contributed by atoms with Crippen LogP contribution in [0.15, 0.2) is 48.5 Å². The molecule has 2 heterocycles. The Morgan fingerprint density at radius 3 is 2.52 bits per heavy atom. The zero-order chi connectivity index (χ0) is 23.0. The number of urea groups is 1. The maximum absolute atomic E-state index is 12.6. The molecule has 2 saturated heterocycles. The number of nitrogens with zero attached hydrogens (tertiary/aromatic N) is 3. The van der Waals surface area contributed by atoms with Gasteiger partial charge in [0.1, 0.15) is 12.4 Å². The van der Waals surface area contributed by atoms with Gasteiger partial charge in [-0.25, -0.2) is 4.79 Å². The van der Waals surface area contributed by atoms with Crippen molar-refractivity contribution in [1.82, 2.24) is 14.7 Å². The minimum Gasteiger partial charge on any atom is -0.492 e. The minimum atomic E-state index is -0.0877. The van der Waals surface area contributed by atoms with Crippen molar-refractivity contribution in [3.63, 3.8) is 0 Å². The Hall–Kier alpha value is -1.99. The second-order valence-corrected chi connectivity index (χ2v) is 9.63. The zero-order valence-corrected chi connectivity index (χ0v) is 20.4. The number of ether oxygens (including phenoxy) is 1. The summed E-state index contributed by atoms with van der Waals surface area (Å²) >= 11 is 12.0. The van der Waals surface area contributed by atoms with E-state index in [1.54, 1.807) is 18.2 Å². The molecule has 2 aromatic carbocycles. The molecule has 4 rings (SSSR count). The van der Waals surface area contributed by atoms with Gasteiger partial charge in [-0.1, -0.05) is 41.4 Å². The molecule has 2 amide bonds. The van der Waals surface area contributed by atoms with E-state index < -0.39 is 0 Å². The highest BCUT2D eigenvalue weighted by molar-refractivity contribution is 6.42. The molecule has 1 atom stereocenters. The lowest BCUT2D eigenvalue weighted by Crippen LogP contribution is -2.52. The fourth-order valence-electron chi connectivity index (χ4n) is 4.59. The number of hydrogen-bond donors (Lipinski definition) is 1. The number of para-hydroxylation sites is 1. The average Bonchev–Trinajstić information content (AvgIpc) is 2.83. The number of amides is 2. The number of piperidine rings is 1. The normalized spacial score (nSPS) is 19.9. The van der Waals surface area contributed by atoms with Crippen LogP contribution >= 0.6 is 23.2 Å². The number of benzene rings is 2. The maximum atomic E-state index is 12.6. The monoisotopic (exact) mass is 490 g/mol. The minimum absolute atomic E-state index is 0.0877. The predicted molar refractivity (Wildman–Crippen MR) is 135 cm³/mol. The first-order valence-corrected chi connectivity index (χ1v) is 12.5.